The van der Waals surface area contributed by atoms with Gasteiger partial charge in [0.25, 0.3) is 0 Å². The molecule has 6 unspecified atom stereocenters. The SMILES string of the molecule is C.C.C.C.C.C.C.CC.CC.CC.CCC(C)(C)C(=O)Oc1ccc2ccccc2c1.CCC(C)(C)C(=O)Oc1ccccc1.CCC(C)c1ccc(O)cc1.CCC(C)c1ccc2ccccc2c1.CCC(C)c1cccc(O)c1.CCC(C)c1cccc2ccccc12.CCC(C)c1ccccc1.CCC(C)c1ccccc1O.CO.CO. The molecule has 0 aliphatic heterocycles. The lowest BCUT2D eigenvalue weighted by Gasteiger charge is -2.20. The molecule has 11 rings (SSSR count). The summed E-state index contributed by atoms with van der Waals surface area (Å²) in [6.45, 7) is 50.0. The van der Waals surface area contributed by atoms with Crippen LogP contribution in [0.15, 0.2) is 261 Å². The van der Waals surface area contributed by atoms with E-state index in [0.717, 1.165) is 62.7 Å². The molecule has 0 aliphatic carbocycles. The molecule has 0 saturated carbocycles. The fraction of sp³-hybridized carbons (Fsp3) is 0.441. The first kappa shape index (κ1) is 129. The maximum absolute atomic E-state index is 12.0. The molecule has 5 N–H and O–H groups in total. The number of carbonyl (C=O) groups is 2. The molecule has 0 saturated heterocycles. The number of rotatable bonds is 18. The number of benzene rings is 11. The molecule has 674 valence electrons. The molecule has 0 spiro atoms. The molecule has 9 heteroatoms. The van der Waals surface area contributed by atoms with Crippen molar-refractivity contribution in [2.75, 3.05) is 14.2 Å². The molecule has 11 aromatic carbocycles. The van der Waals surface area contributed by atoms with Crippen molar-refractivity contribution in [3.63, 3.8) is 0 Å². The van der Waals surface area contributed by atoms with Crippen LogP contribution in [-0.2, 0) is 9.59 Å². The summed E-state index contributed by atoms with van der Waals surface area (Å²) in [6.07, 6.45) is 8.50. The van der Waals surface area contributed by atoms with Gasteiger partial charge < -0.3 is 35.0 Å². The van der Waals surface area contributed by atoms with E-state index in [4.69, 9.17) is 29.9 Å². The summed E-state index contributed by atoms with van der Waals surface area (Å²) in [5, 5.41) is 49.3. The molecule has 0 amide bonds. The van der Waals surface area contributed by atoms with E-state index in [-0.39, 0.29) is 63.9 Å². The Morgan fingerprint density at radius 1 is 0.283 bits per heavy atom. The van der Waals surface area contributed by atoms with Crippen molar-refractivity contribution >= 4 is 44.3 Å². The highest BCUT2D eigenvalue weighted by Gasteiger charge is 2.28. The van der Waals surface area contributed by atoms with Gasteiger partial charge in [-0.1, -0.05) is 397 Å². The number of aliphatic hydroxyl groups excluding tert-OH is 2. The van der Waals surface area contributed by atoms with Crippen LogP contribution in [0.2, 0.25) is 0 Å². The summed E-state index contributed by atoms with van der Waals surface area (Å²) in [5.41, 5.74) is 7.09. The number of phenols is 3. The molecule has 0 radical (unpaired) electrons. The lowest BCUT2D eigenvalue weighted by atomic mass is 9.91. The Morgan fingerprint density at radius 2 is 0.592 bits per heavy atom. The minimum absolute atomic E-state index is 0. The second-order valence-electron chi connectivity index (χ2n) is 28.3. The standard InChI is InChI=1S/C16H18O2.2C14H16.C12H16O2.3C10H14O.C10H14.3C2H6.2CH4O.7CH4/c1-4-16(2,3)15(17)18-14-10-9-12-7-5-6-8-13(12)11-14;1-3-11(2)13-10-6-8-12-7-4-5-9-14(12)13;1-3-11(2)13-9-8-12-6-4-5-7-14(12)10-13;1-4-12(2,3)11(13)14-10-8-6-5-7-9-10;1-3-8(2)9-4-6-10(11)7-5-9;1-3-8(2)9-5-4-6-10(11)7-9;1-3-8(2)9-6-4-5-7-10(9)11;1-3-9(2)10-7-5-4-6-8-10;5*1-2;;;;;;;/h5-11H,4H2,1-3H3;2*4-11H,3H2,1-2H3;5-9H,4H2,1-3H3;3*4-8,11H,3H2,1-2H3;4-9H,3H2,1-2H3;3*1-2H3;2*2H,1H3;7*1H4. The highest BCUT2D eigenvalue weighted by atomic mass is 16.5. The van der Waals surface area contributed by atoms with Crippen LogP contribution in [0.1, 0.15) is 338 Å². The second-order valence-corrected chi connectivity index (χ2v) is 28.3. The number of fused-ring (bicyclic) bond motifs is 3. The van der Waals surface area contributed by atoms with E-state index in [1.807, 2.05) is 192 Å². The average Bonchev–Trinajstić information content (AvgIpc) is 0.828. The van der Waals surface area contributed by atoms with E-state index in [1.165, 1.54) is 68.6 Å². The van der Waals surface area contributed by atoms with Gasteiger partial charge in [-0.3, -0.25) is 9.59 Å². The van der Waals surface area contributed by atoms with Gasteiger partial charge >= 0.3 is 11.9 Å². The number of aromatic hydroxyl groups is 3. The monoisotopic (exact) mass is 1650 g/mol. The Hall–Kier alpha value is -9.54. The molecule has 0 aliphatic rings. The van der Waals surface area contributed by atoms with Gasteiger partial charge in [0.05, 0.1) is 10.8 Å². The third-order valence-corrected chi connectivity index (χ3v) is 19.9. The molecule has 6 atom stereocenters. The molecular formula is C111H176O9. The van der Waals surface area contributed by atoms with Crippen LogP contribution in [0.3, 0.4) is 0 Å². The fourth-order valence-corrected chi connectivity index (χ4v) is 10.4. The van der Waals surface area contributed by atoms with E-state index in [1.54, 1.807) is 36.4 Å². The van der Waals surface area contributed by atoms with Gasteiger partial charge in [-0.2, -0.15) is 0 Å². The van der Waals surface area contributed by atoms with E-state index in [2.05, 4.69) is 198 Å². The quantitative estimate of drug-likeness (QED) is 0.0417. The summed E-state index contributed by atoms with van der Waals surface area (Å²) in [6, 6.07) is 86.4. The van der Waals surface area contributed by atoms with E-state index in [9.17, 15) is 14.7 Å². The zero-order chi connectivity index (χ0) is 85.9. The Morgan fingerprint density at radius 3 is 1.02 bits per heavy atom. The lowest BCUT2D eigenvalue weighted by Crippen LogP contribution is -2.28. The number of para-hydroxylation sites is 2. The number of aliphatic hydroxyl groups is 2. The van der Waals surface area contributed by atoms with Crippen LogP contribution in [0.25, 0.3) is 32.3 Å². The molecule has 0 aromatic heterocycles. The van der Waals surface area contributed by atoms with Gasteiger partial charge in [-0.25, -0.2) is 0 Å². The molecule has 0 heterocycles. The van der Waals surface area contributed by atoms with Crippen molar-refractivity contribution in [1.29, 1.82) is 0 Å². The number of carbonyl (C=O) groups excluding carboxylic acids is 2. The van der Waals surface area contributed by atoms with Crippen LogP contribution in [0.4, 0.5) is 0 Å². The molecule has 120 heavy (non-hydrogen) atoms. The van der Waals surface area contributed by atoms with Gasteiger partial charge in [0.15, 0.2) is 0 Å². The predicted molar refractivity (Wildman–Crippen MR) is 538 cm³/mol. The van der Waals surface area contributed by atoms with Crippen LogP contribution >= 0.6 is 0 Å². The van der Waals surface area contributed by atoms with Crippen molar-refractivity contribution in [3.8, 4) is 28.7 Å². The molecular weight excluding hydrogens is 1480 g/mol. The maximum Gasteiger partial charge on any atom is 0.316 e. The van der Waals surface area contributed by atoms with Crippen LogP contribution in [-0.4, -0.2) is 51.7 Å². The number of hydrogen-bond acceptors (Lipinski definition) is 9. The minimum Gasteiger partial charge on any atom is -0.508 e. The van der Waals surface area contributed by atoms with Crippen LogP contribution < -0.4 is 9.47 Å². The Kier molecular flexibility index (Phi) is 81.1. The van der Waals surface area contributed by atoms with Crippen molar-refractivity contribution in [1.82, 2.24) is 0 Å². The Labute approximate surface area is 737 Å². The maximum atomic E-state index is 12.0. The summed E-state index contributed by atoms with van der Waals surface area (Å²) < 4.78 is 10.7. The third-order valence-electron chi connectivity index (χ3n) is 19.9. The topological polar surface area (TPSA) is 154 Å². The van der Waals surface area contributed by atoms with Crippen molar-refractivity contribution < 1.29 is 44.6 Å². The first-order chi connectivity index (χ1) is 54.3. The molecule has 11 aromatic rings. The third kappa shape index (κ3) is 48.6. The highest BCUT2D eigenvalue weighted by molar-refractivity contribution is 5.87. The van der Waals surface area contributed by atoms with Crippen molar-refractivity contribution in [2.45, 2.75) is 305 Å². The van der Waals surface area contributed by atoms with Crippen molar-refractivity contribution in [3.05, 3.63) is 294 Å². The van der Waals surface area contributed by atoms with Gasteiger partial charge in [-0.15, -0.1) is 0 Å². The summed E-state index contributed by atoms with van der Waals surface area (Å²) in [7, 11) is 2.00. The average molecular weight is 1650 g/mol. The normalized spacial score (nSPS) is 10.9. The first-order valence-electron chi connectivity index (χ1n) is 41.5. The zero-order valence-corrected chi connectivity index (χ0v) is 74.3. The largest absolute Gasteiger partial charge is 0.508 e. The van der Waals surface area contributed by atoms with E-state index in [0.29, 0.717) is 64.3 Å². The zero-order valence-electron chi connectivity index (χ0n) is 74.3. The fourth-order valence-electron chi connectivity index (χ4n) is 10.4. The van der Waals surface area contributed by atoms with E-state index >= 15 is 0 Å². The van der Waals surface area contributed by atoms with Crippen molar-refractivity contribution in [2.24, 2.45) is 10.8 Å². The minimum atomic E-state index is -0.439. The number of hydrogen-bond donors (Lipinski definition) is 5. The first-order valence-corrected chi connectivity index (χ1v) is 41.5. The Bertz CT molecular complexity index is 4170. The van der Waals surface area contributed by atoms with Crippen LogP contribution in [0, 0.1) is 10.8 Å². The van der Waals surface area contributed by atoms with Gasteiger partial charge in [0.2, 0.25) is 0 Å². The summed E-state index contributed by atoms with van der Waals surface area (Å²) >= 11 is 0. The second kappa shape index (κ2) is 75.7. The van der Waals surface area contributed by atoms with Crippen LogP contribution in [0.5, 0.6) is 28.7 Å². The number of esters is 2. The number of ether oxygens (including phenoxy) is 2. The summed E-state index contributed by atoms with van der Waals surface area (Å²) in [5.74, 6) is 5.61. The number of phenolic OH excluding ortho intramolecular Hbond substituents is 3. The predicted octanol–water partition coefficient (Wildman–Crippen LogP) is 34.6. The lowest BCUT2D eigenvalue weighted by molar-refractivity contribution is -0.144. The molecule has 0 bridgehead atoms. The van der Waals surface area contributed by atoms with E-state index < -0.39 is 10.8 Å². The summed E-state index contributed by atoms with van der Waals surface area (Å²) in [4.78, 5) is 23.6. The Balaban J connectivity index is -0.000000165. The van der Waals surface area contributed by atoms with Gasteiger partial charge in [0.1, 0.15) is 28.7 Å². The molecule has 9 nitrogen and oxygen atoms in total. The smallest absolute Gasteiger partial charge is 0.316 e. The molecule has 0 fully saturated rings. The highest BCUT2D eigenvalue weighted by Crippen LogP contribution is 2.31. The van der Waals surface area contributed by atoms with Gasteiger partial charge in [0, 0.05) is 14.2 Å². The van der Waals surface area contributed by atoms with Gasteiger partial charge in [-0.05, 0) is 235 Å².